The van der Waals surface area contributed by atoms with Gasteiger partial charge in [-0.25, -0.2) is 9.37 Å². The fourth-order valence-corrected chi connectivity index (χ4v) is 6.11. The molecule has 2 aromatic heterocycles. The topological polar surface area (TPSA) is 50.1 Å². The lowest BCUT2D eigenvalue weighted by molar-refractivity contribution is -0.224. The van der Waals surface area contributed by atoms with Gasteiger partial charge < -0.3 is 4.90 Å². The zero-order valence-corrected chi connectivity index (χ0v) is 21.5. The first kappa shape index (κ1) is 24.6. The van der Waals surface area contributed by atoms with Crippen molar-refractivity contribution in [1.82, 2.24) is 24.6 Å². The lowest BCUT2D eigenvalue weighted by Crippen LogP contribution is -2.62. The van der Waals surface area contributed by atoms with E-state index < -0.39 is 11.7 Å². The number of aromatic nitrogens is 4. The van der Waals surface area contributed by atoms with Crippen LogP contribution in [0.2, 0.25) is 5.02 Å². The van der Waals surface area contributed by atoms with Crippen molar-refractivity contribution < 1.29 is 17.6 Å². The highest BCUT2D eigenvalue weighted by Gasteiger charge is 2.55. The van der Waals surface area contributed by atoms with Gasteiger partial charge in [0.25, 0.3) is 0 Å². The Labute approximate surface area is 217 Å². The third-order valence-electron chi connectivity index (χ3n) is 8.35. The molecule has 6 rings (SSSR count). The molecular formula is C26H27ClF4N6. The Bertz CT molecular complexity index is 1370. The second kappa shape index (κ2) is 8.14. The Kier molecular flexibility index (Phi) is 5.41. The molecule has 0 radical (unpaired) electrons. The van der Waals surface area contributed by atoms with Crippen LogP contribution in [0.25, 0.3) is 5.69 Å². The molecular weight excluding hydrogens is 508 g/mol. The molecule has 4 heterocycles. The fraction of sp³-hybridized carbons (Fsp3) is 0.500. The number of benzene rings is 1. The highest BCUT2D eigenvalue weighted by Crippen LogP contribution is 2.56. The minimum Gasteiger partial charge on any atom is -0.355 e. The molecule has 0 amide bonds. The van der Waals surface area contributed by atoms with Crippen LogP contribution in [0.3, 0.4) is 0 Å². The first-order valence-electron chi connectivity index (χ1n) is 12.3. The summed E-state index contributed by atoms with van der Waals surface area (Å²) in [6.07, 6.45) is -1.35. The van der Waals surface area contributed by atoms with Gasteiger partial charge in [-0.05, 0) is 69.0 Å². The van der Waals surface area contributed by atoms with Crippen molar-refractivity contribution in [3.8, 4) is 5.69 Å². The first-order valence-corrected chi connectivity index (χ1v) is 12.7. The van der Waals surface area contributed by atoms with Crippen molar-refractivity contribution in [1.29, 1.82) is 0 Å². The van der Waals surface area contributed by atoms with E-state index in [1.165, 1.54) is 24.9 Å². The number of rotatable bonds is 3. The maximum Gasteiger partial charge on any atom is 0.406 e. The molecule has 3 aromatic rings. The zero-order valence-electron chi connectivity index (χ0n) is 20.8. The number of fused-ring (bicyclic) bond motifs is 3. The van der Waals surface area contributed by atoms with Gasteiger partial charge in [-0.15, -0.1) is 10.2 Å². The van der Waals surface area contributed by atoms with Gasteiger partial charge in [0.15, 0.2) is 5.82 Å². The van der Waals surface area contributed by atoms with Crippen molar-refractivity contribution in [2.75, 3.05) is 18.0 Å². The minimum absolute atomic E-state index is 0.0209. The molecule has 1 aliphatic carbocycles. The molecule has 0 unspecified atom stereocenters. The smallest absolute Gasteiger partial charge is 0.355 e. The molecule has 2 fully saturated rings. The van der Waals surface area contributed by atoms with Crippen molar-refractivity contribution in [2.45, 2.75) is 64.3 Å². The van der Waals surface area contributed by atoms with Crippen LogP contribution in [0.1, 0.15) is 55.4 Å². The summed E-state index contributed by atoms with van der Waals surface area (Å²) in [5, 5.41) is 9.34. The summed E-state index contributed by atoms with van der Waals surface area (Å²) in [5.41, 5.74) is 0.147. The standard InChI is InChI=1S/C26H27ClF4N6/c1-15-6-21(32-10-19(15)28)35-13-25(14-35)8-17(9-25)23-34-33-22-12-36(24(2,3)26(29,30)31)11-16-7-18(27)4-5-20(16)37(22)23/h4-7,10,17H,8-9,11-14H2,1-3H3. The van der Waals surface area contributed by atoms with Crippen LogP contribution in [0.5, 0.6) is 0 Å². The summed E-state index contributed by atoms with van der Waals surface area (Å²) in [4.78, 5) is 7.77. The normalized spacial score (nSPS) is 19.7. The average molecular weight is 535 g/mol. The van der Waals surface area contributed by atoms with Crippen molar-refractivity contribution in [2.24, 2.45) is 5.41 Å². The van der Waals surface area contributed by atoms with E-state index in [1.807, 2.05) is 10.6 Å². The van der Waals surface area contributed by atoms with Crippen LogP contribution in [-0.4, -0.2) is 49.5 Å². The summed E-state index contributed by atoms with van der Waals surface area (Å²) < 4.78 is 57.4. The number of aryl methyl sites for hydroxylation is 1. The molecule has 1 saturated heterocycles. The van der Waals surface area contributed by atoms with Gasteiger partial charge in [0.2, 0.25) is 0 Å². The number of anilines is 1. The minimum atomic E-state index is -4.42. The molecule has 11 heteroatoms. The number of hydrogen-bond donors (Lipinski definition) is 0. The van der Waals surface area contributed by atoms with E-state index >= 15 is 0 Å². The Hall–Kier alpha value is -2.72. The van der Waals surface area contributed by atoms with E-state index in [0.717, 1.165) is 43.3 Å². The molecule has 0 bridgehead atoms. The number of halogens is 5. The molecule has 0 atom stereocenters. The summed E-state index contributed by atoms with van der Waals surface area (Å²) in [5.74, 6) is 1.90. The van der Waals surface area contributed by atoms with E-state index in [9.17, 15) is 17.6 Å². The highest BCUT2D eigenvalue weighted by atomic mass is 35.5. The molecule has 0 N–H and O–H groups in total. The second-order valence-electron chi connectivity index (χ2n) is 11.2. The number of pyridine rings is 1. The maximum absolute atomic E-state index is 14.0. The van der Waals surface area contributed by atoms with Gasteiger partial charge in [0.1, 0.15) is 23.0 Å². The molecule has 3 aliphatic rings. The lowest BCUT2D eigenvalue weighted by atomic mass is 9.57. The summed E-state index contributed by atoms with van der Waals surface area (Å²) in [6, 6.07) is 7.11. The van der Waals surface area contributed by atoms with Crippen molar-refractivity contribution in [3.63, 3.8) is 0 Å². The molecule has 37 heavy (non-hydrogen) atoms. The van der Waals surface area contributed by atoms with Crippen LogP contribution in [0.4, 0.5) is 23.4 Å². The Morgan fingerprint density at radius 3 is 2.46 bits per heavy atom. The summed E-state index contributed by atoms with van der Waals surface area (Å²) in [6.45, 7) is 5.91. The summed E-state index contributed by atoms with van der Waals surface area (Å²) >= 11 is 6.26. The molecule has 1 spiro atoms. The largest absolute Gasteiger partial charge is 0.406 e. The van der Waals surface area contributed by atoms with E-state index in [-0.39, 0.29) is 30.2 Å². The Morgan fingerprint density at radius 1 is 1.05 bits per heavy atom. The van der Waals surface area contributed by atoms with E-state index in [4.69, 9.17) is 11.6 Å². The molecule has 2 aliphatic heterocycles. The zero-order chi connectivity index (χ0) is 26.3. The quantitative estimate of drug-likeness (QED) is 0.397. The Balaban J connectivity index is 1.26. The van der Waals surface area contributed by atoms with Gasteiger partial charge in [-0.1, -0.05) is 11.6 Å². The predicted octanol–water partition coefficient (Wildman–Crippen LogP) is 5.80. The van der Waals surface area contributed by atoms with Crippen LogP contribution in [0.15, 0.2) is 30.5 Å². The molecule has 1 aromatic carbocycles. The molecule has 196 valence electrons. The highest BCUT2D eigenvalue weighted by molar-refractivity contribution is 6.30. The van der Waals surface area contributed by atoms with E-state index in [1.54, 1.807) is 25.1 Å². The van der Waals surface area contributed by atoms with Gasteiger partial charge in [-0.3, -0.25) is 9.47 Å². The van der Waals surface area contributed by atoms with Gasteiger partial charge in [0.05, 0.1) is 18.4 Å². The van der Waals surface area contributed by atoms with Crippen molar-refractivity contribution in [3.05, 3.63) is 64.1 Å². The number of nitrogens with zero attached hydrogens (tertiary/aromatic N) is 6. The third kappa shape index (κ3) is 3.91. The van der Waals surface area contributed by atoms with Crippen LogP contribution in [0, 0.1) is 18.2 Å². The lowest BCUT2D eigenvalue weighted by Gasteiger charge is -2.59. The average Bonchev–Trinajstić information content (AvgIpc) is 3.08. The van der Waals surface area contributed by atoms with Crippen molar-refractivity contribution >= 4 is 17.4 Å². The van der Waals surface area contributed by atoms with Gasteiger partial charge in [0, 0.05) is 36.0 Å². The van der Waals surface area contributed by atoms with E-state index in [2.05, 4.69) is 20.1 Å². The van der Waals surface area contributed by atoms with Crippen LogP contribution in [-0.2, 0) is 13.1 Å². The summed E-state index contributed by atoms with van der Waals surface area (Å²) in [7, 11) is 0. The number of alkyl halides is 3. The third-order valence-corrected chi connectivity index (χ3v) is 8.58. The predicted molar refractivity (Wildman–Crippen MR) is 131 cm³/mol. The fourth-order valence-electron chi connectivity index (χ4n) is 5.91. The molecule has 6 nitrogen and oxygen atoms in total. The molecule has 1 saturated carbocycles. The van der Waals surface area contributed by atoms with Crippen LogP contribution >= 0.6 is 11.6 Å². The van der Waals surface area contributed by atoms with Gasteiger partial charge in [-0.2, -0.15) is 13.2 Å². The Morgan fingerprint density at radius 2 is 1.78 bits per heavy atom. The SMILES string of the molecule is Cc1cc(N2CC3(CC(c4nnc5n4-c4ccc(Cl)cc4CN(C(C)(C)C(F)(F)F)C5)C3)C2)ncc1F. The number of hydrogen-bond acceptors (Lipinski definition) is 5. The van der Waals surface area contributed by atoms with Gasteiger partial charge >= 0.3 is 6.18 Å². The second-order valence-corrected chi connectivity index (χ2v) is 11.7. The maximum atomic E-state index is 14.0. The first-order chi connectivity index (χ1) is 17.4. The van der Waals surface area contributed by atoms with Crippen LogP contribution < -0.4 is 4.90 Å². The monoisotopic (exact) mass is 534 g/mol. The van der Waals surface area contributed by atoms with E-state index in [0.29, 0.717) is 22.0 Å².